The molecule has 0 aliphatic carbocycles. The third-order valence-electron chi connectivity index (χ3n) is 10.2. The number of hydrogen-bond donors (Lipinski definition) is 0. The number of carbonyl (C=O) groups is 3. The van der Waals surface area contributed by atoms with Crippen LogP contribution < -0.4 is 0 Å². The number of allylic oxidation sites excluding steroid dienone is 12. The van der Waals surface area contributed by atoms with Crippen LogP contribution in [-0.2, 0) is 28.6 Å². The van der Waals surface area contributed by atoms with Gasteiger partial charge in [-0.05, 0) is 83.5 Å². The molecule has 0 amide bonds. The van der Waals surface area contributed by atoms with Crippen molar-refractivity contribution in [2.75, 3.05) is 13.2 Å². The smallest absolute Gasteiger partial charge is 0.306 e. The maximum atomic E-state index is 12.7. The summed E-state index contributed by atoms with van der Waals surface area (Å²) < 4.78 is 16.7. The molecule has 0 aromatic carbocycles. The molecule has 0 rings (SSSR count). The standard InChI is InChI=1S/C53H90O6/c1-4-7-10-13-16-19-22-24-25-26-27-28-29-30-32-34-37-40-43-46-52(55)58-49-50(48-57-51(54)45-42-39-36-33-21-18-15-12-9-6-3)59-53(56)47-44-41-38-35-31-23-20-17-14-11-8-5-2/h7-8,10-11,16-17,19-20,24-25,27-28,50H,4-6,9,12-15,18,21-23,26,29-49H2,1-3H3/b10-7-,11-8-,19-16-,20-17-,25-24-,28-27-. The van der Waals surface area contributed by atoms with Gasteiger partial charge >= 0.3 is 17.9 Å². The van der Waals surface area contributed by atoms with Crippen LogP contribution in [0.3, 0.4) is 0 Å². The Morgan fingerprint density at radius 2 is 0.661 bits per heavy atom. The molecule has 0 saturated carbocycles. The van der Waals surface area contributed by atoms with Crippen LogP contribution in [0.5, 0.6) is 0 Å². The summed E-state index contributed by atoms with van der Waals surface area (Å²) in [5.41, 5.74) is 0. The molecule has 338 valence electrons. The first-order chi connectivity index (χ1) is 29.0. The fourth-order valence-corrected chi connectivity index (χ4v) is 6.59. The van der Waals surface area contributed by atoms with E-state index in [-0.39, 0.29) is 31.1 Å². The van der Waals surface area contributed by atoms with Crippen LogP contribution in [0.2, 0.25) is 0 Å². The van der Waals surface area contributed by atoms with Gasteiger partial charge in [0.05, 0.1) is 0 Å². The average Bonchev–Trinajstić information content (AvgIpc) is 3.23. The minimum absolute atomic E-state index is 0.0850. The Bertz CT molecular complexity index is 1130. The molecule has 0 aliphatic rings. The first-order valence-corrected chi connectivity index (χ1v) is 24.4. The third-order valence-corrected chi connectivity index (χ3v) is 10.2. The Morgan fingerprint density at radius 3 is 1.03 bits per heavy atom. The van der Waals surface area contributed by atoms with E-state index in [0.717, 1.165) is 122 Å². The van der Waals surface area contributed by atoms with Gasteiger partial charge in [0.15, 0.2) is 6.10 Å². The highest BCUT2D eigenvalue weighted by atomic mass is 16.6. The van der Waals surface area contributed by atoms with Crippen molar-refractivity contribution in [2.24, 2.45) is 0 Å². The van der Waals surface area contributed by atoms with E-state index < -0.39 is 6.10 Å². The lowest BCUT2D eigenvalue weighted by molar-refractivity contribution is -0.167. The van der Waals surface area contributed by atoms with Gasteiger partial charge in [-0.2, -0.15) is 0 Å². The van der Waals surface area contributed by atoms with E-state index in [2.05, 4.69) is 93.7 Å². The lowest BCUT2D eigenvalue weighted by Crippen LogP contribution is -2.30. The molecule has 59 heavy (non-hydrogen) atoms. The van der Waals surface area contributed by atoms with Crippen LogP contribution in [0.1, 0.15) is 226 Å². The van der Waals surface area contributed by atoms with Gasteiger partial charge in [-0.1, -0.05) is 196 Å². The van der Waals surface area contributed by atoms with Gasteiger partial charge in [0.25, 0.3) is 0 Å². The number of ether oxygens (including phenoxy) is 3. The highest BCUT2D eigenvalue weighted by molar-refractivity contribution is 5.71. The van der Waals surface area contributed by atoms with E-state index in [1.807, 2.05) is 0 Å². The van der Waals surface area contributed by atoms with Crippen molar-refractivity contribution in [3.05, 3.63) is 72.9 Å². The van der Waals surface area contributed by atoms with Crippen molar-refractivity contribution >= 4 is 17.9 Å². The molecular formula is C53H90O6. The summed E-state index contributed by atoms with van der Waals surface area (Å²) >= 11 is 0. The molecule has 0 aromatic rings. The van der Waals surface area contributed by atoms with Crippen LogP contribution in [0, 0.1) is 0 Å². The Hall–Kier alpha value is -3.15. The Morgan fingerprint density at radius 1 is 0.356 bits per heavy atom. The number of esters is 3. The number of unbranched alkanes of at least 4 members (excludes halogenated alkanes) is 20. The zero-order valence-corrected chi connectivity index (χ0v) is 38.5. The molecule has 0 radical (unpaired) electrons. The van der Waals surface area contributed by atoms with E-state index in [4.69, 9.17) is 14.2 Å². The first-order valence-electron chi connectivity index (χ1n) is 24.4. The third kappa shape index (κ3) is 45.8. The summed E-state index contributed by atoms with van der Waals surface area (Å²) in [5, 5.41) is 0. The lowest BCUT2D eigenvalue weighted by Gasteiger charge is -2.18. The van der Waals surface area contributed by atoms with Crippen molar-refractivity contribution in [1.82, 2.24) is 0 Å². The summed E-state index contributed by atoms with van der Waals surface area (Å²) in [6.45, 7) is 6.37. The minimum atomic E-state index is -0.785. The van der Waals surface area contributed by atoms with Crippen LogP contribution in [-0.4, -0.2) is 37.2 Å². The van der Waals surface area contributed by atoms with Crippen molar-refractivity contribution in [3.63, 3.8) is 0 Å². The molecule has 6 nitrogen and oxygen atoms in total. The molecule has 0 bridgehead atoms. The molecule has 0 spiro atoms. The maximum Gasteiger partial charge on any atom is 0.306 e. The monoisotopic (exact) mass is 823 g/mol. The van der Waals surface area contributed by atoms with Gasteiger partial charge in [0.1, 0.15) is 13.2 Å². The van der Waals surface area contributed by atoms with Crippen LogP contribution >= 0.6 is 0 Å². The molecule has 0 aliphatic heterocycles. The maximum absolute atomic E-state index is 12.7. The van der Waals surface area contributed by atoms with Crippen LogP contribution in [0.15, 0.2) is 72.9 Å². The molecule has 6 heteroatoms. The predicted octanol–water partition coefficient (Wildman–Crippen LogP) is 15.9. The first kappa shape index (κ1) is 55.9. The minimum Gasteiger partial charge on any atom is -0.462 e. The van der Waals surface area contributed by atoms with Gasteiger partial charge in [0, 0.05) is 19.3 Å². The zero-order valence-electron chi connectivity index (χ0n) is 38.5. The number of hydrogen-bond acceptors (Lipinski definition) is 6. The van der Waals surface area contributed by atoms with E-state index >= 15 is 0 Å². The van der Waals surface area contributed by atoms with E-state index in [0.29, 0.717) is 19.3 Å². The zero-order chi connectivity index (χ0) is 43.0. The van der Waals surface area contributed by atoms with Gasteiger partial charge in [-0.15, -0.1) is 0 Å². The van der Waals surface area contributed by atoms with Crippen LogP contribution in [0.4, 0.5) is 0 Å². The van der Waals surface area contributed by atoms with Crippen molar-refractivity contribution < 1.29 is 28.6 Å². The SMILES string of the molecule is CC/C=C\C/C=C\C/C=C\C/C=C\CCCCCCCCC(=O)OCC(COC(=O)CCCCCCCCCCCC)OC(=O)CCCCCCC/C=C\C/C=C\CC. The summed E-state index contributed by atoms with van der Waals surface area (Å²) in [7, 11) is 0. The quantitative estimate of drug-likeness (QED) is 0.0264. The lowest BCUT2D eigenvalue weighted by atomic mass is 10.1. The second-order valence-corrected chi connectivity index (χ2v) is 16.0. The fourth-order valence-electron chi connectivity index (χ4n) is 6.59. The fraction of sp³-hybridized carbons (Fsp3) is 0.717. The van der Waals surface area contributed by atoms with E-state index in [9.17, 15) is 14.4 Å². The highest BCUT2D eigenvalue weighted by Crippen LogP contribution is 2.14. The summed E-state index contributed by atoms with van der Waals surface area (Å²) in [6.07, 6.45) is 58.9. The second kappa shape index (κ2) is 47.5. The molecular weight excluding hydrogens is 733 g/mol. The molecule has 0 fully saturated rings. The molecule has 1 unspecified atom stereocenters. The Labute approximate surface area is 363 Å². The Kier molecular flexibility index (Phi) is 45.0. The number of rotatable bonds is 43. The van der Waals surface area contributed by atoms with E-state index in [1.54, 1.807) is 0 Å². The number of carbonyl (C=O) groups excluding carboxylic acids is 3. The molecule has 0 N–H and O–H groups in total. The molecule has 0 saturated heterocycles. The van der Waals surface area contributed by atoms with Gasteiger partial charge in [-0.25, -0.2) is 0 Å². The normalized spacial score (nSPS) is 12.7. The summed E-state index contributed by atoms with van der Waals surface area (Å²) in [5.74, 6) is -0.918. The van der Waals surface area contributed by atoms with Crippen LogP contribution in [0.25, 0.3) is 0 Å². The van der Waals surface area contributed by atoms with Crippen molar-refractivity contribution in [3.8, 4) is 0 Å². The predicted molar refractivity (Wildman–Crippen MR) is 251 cm³/mol. The van der Waals surface area contributed by atoms with Crippen molar-refractivity contribution in [1.29, 1.82) is 0 Å². The Balaban J connectivity index is 4.36. The van der Waals surface area contributed by atoms with Gasteiger partial charge in [-0.3, -0.25) is 14.4 Å². The summed E-state index contributed by atoms with van der Waals surface area (Å²) in [4.78, 5) is 37.8. The molecule has 0 aromatic heterocycles. The largest absolute Gasteiger partial charge is 0.462 e. The molecule has 0 heterocycles. The highest BCUT2D eigenvalue weighted by Gasteiger charge is 2.19. The van der Waals surface area contributed by atoms with E-state index in [1.165, 1.54) is 64.2 Å². The molecule has 1 atom stereocenters. The second-order valence-electron chi connectivity index (χ2n) is 16.0. The topological polar surface area (TPSA) is 78.9 Å². The van der Waals surface area contributed by atoms with Crippen molar-refractivity contribution in [2.45, 2.75) is 232 Å². The summed E-state index contributed by atoms with van der Waals surface area (Å²) in [6, 6.07) is 0. The van der Waals surface area contributed by atoms with Gasteiger partial charge < -0.3 is 14.2 Å². The average molecular weight is 823 g/mol. The van der Waals surface area contributed by atoms with Gasteiger partial charge in [0.2, 0.25) is 0 Å².